The molecule has 0 saturated carbocycles. The summed E-state index contributed by atoms with van der Waals surface area (Å²) in [4.78, 5) is -1.43. The van der Waals surface area contributed by atoms with E-state index < -0.39 is 109 Å². The Morgan fingerprint density at radius 2 is 1.73 bits per heavy atom. The fraction of sp³-hybridized carbons (Fsp3) is 0.333. The maximum absolute atomic E-state index is 14.6. The number of hydrogen-bond donors (Lipinski definition) is 1. The molecule has 1 N–H and O–H groups in total. The highest BCUT2D eigenvalue weighted by Crippen LogP contribution is 2.45. The van der Waals surface area contributed by atoms with E-state index in [9.17, 15) is 47.6 Å². The Bertz CT molecular complexity index is 1800. The highest BCUT2D eigenvalue weighted by Gasteiger charge is 2.58. The number of aryl methyl sites for hydroxylation is 1. The summed E-state index contributed by atoms with van der Waals surface area (Å²) in [6, 6.07) is 5.20. The fourth-order valence-corrected chi connectivity index (χ4v) is 7.15. The fourth-order valence-electron chi connectivity index (χ4n) is 4.33. The van der Waals surface area contributed by atoms with Gasteiger partial charge in [0.1, 0.15) is 4.90 Å². The molecule has 0 bridgehead atoms. The van der Waals surface area contributed by atoms with Gasteiger partial charge in [0.05, 0.1) is 14.7 Å². The molecule has 41 heavy (non-hydrogen) atoms. The smallest absolute Gasteiger partial charge is 0.417 e. The molecule has 0 spiro atoms. The summed E-state index contributed by atoms with van der Waals surface area (Å²) in [7, 11) is -13.6. The first kappa shape index (κ1) is 26.6. The quantitative estimate of drug-likeness (QED) is 0.345. The number of fused-ring (bicyclic) bond motifs is 1. The minimum absolute atomic E-state index is 0.117. The van der Waals surface area contributed by atoms with Crippen LogP contribution in [-0.4, -0.2) is 46.2 Å². The molecular formula is C24H21F7N2O6S2. The molecule has 3 aromatic rings. The third kappa shape index (κ3) is 5.61. The van der Waals surface area contributed by atoms with Gasteiger partial charge in [-0.15, -0.1) is 0 Å². The second-order valence-corrected chi connectivity index (χ2v) is 12.5. The van der Waals surface area contributed by atoms with Gasteiger partial charge in [0.15, 0.2) is 23.0 Å². The van der Waals surface area contributed by atoms with E-state index in [-0.39, 0.29) is 16.1 Å². The van der Waals surface area contributed by atoms with Crippen LogP contribution in [0.25, 0.3) is 0 Å². The van der Waals surface area contributed by atoms with Gasteiger partial charge in [-0.3, -0.25) is 4.72 Å². The van der Waals surface area contributed by atoms with E-state index in [4.69, 9.17) is 4.11 Å². The molecule has 0 radical (unpaired) electrons. The predicted octanol–water partition coefficient (Wildman–Crippen LogP) is 5.15. The van der Waals surface area contributed by atoms with Gasteiger partial charge in [-0.2, -0.15) is 22.0 Å². The lowest BCUT2D eigenvalue weighted by Crippen LogP contribution is -2.51. The van der Waals surface area contributed by atoms with Gasteiger partial charge in [0.25, 0.3) is 20.0 Å². The summed E-state index contributed by atoms with van der Waals surface area (Å²) in [5, 5.41) is 0. The number of sulfonamides is 1. The first-order valence-electron chi connectivity index (χ1n) is 12.9. The summed E-state index contributed by atoms with van der Waals surface area (Å²) in [6.45, 7) is -1.94. The number of aromatic nitrogens is 1. The van der Waals surface area contributed by atoms with Gasteiger partial charge < -0.3 is 9.47 Å². The number of benzene rings is 2. The molecule has 2 aromatic carbocycles. The lowest BCUT2D eigenvalue weighted by molar-refractivity contribution is -0.273. The van der Waals surface area contributed by atoms with Gasteiger partial charge in [-0.05, 0) is 37.5 Å². The van der Waals surface area contributed by atoms with Gasteiger partial charge in [-0.1, -0.05) is 17.7 Å². The number of rotatable bonds is 8. The van der Waals surface area contributed by atoms with Crippen LogP contribution in [0.15, 0.2) is 52.4 Å². The molecule has 4 rings (SSSR count). The standard InChI is InChI=1S/C24H21F7N2O6S2/c1-13-3-5-14(6-4-13)41(36,37)33-12-21(15-7-8-23(38-2,11-19(15)33)24(29,30)31)40(34,35)32-18-9-17(26)20(10-16(18)25)39-22(27)28/h3-6,9-10,12,22,32H,7-8,11H2,1-2H3/t23-/m1/s1/i2D3. The van der Waals surface area contributed by atoms with Gasteiger partial charge in [0, 0.05) is 37.5 Å². The van der Waals surface area contributed by atoms with Gasteiger partial charge in [-0.25, -0.2) is 29.6 Å². The highest BCUT2D eigenvalue weighted by molar-refractivity contribution is 7.93. The van der Waals surface area contributed by atoms with Crippen molar-refractivity contribution >= 4 is 25.7 Å². The van der Waals surface area contributed by atoms with E-state index in [1.807, 2.05) is 0 Å². The summed E-state index contributed by atoms with van der Waals surface area (Å²) < 4.78 is 183. The van der Waals surface area contributed by atoms with Crippen LogP contribution in [0, 0.1) is 18.6 Å². The molecule has 0 unspecified atom stereocenters. The van der Waals surface area contributed by atoms with E-state index in [1.54, 1.807) is 11.6 Å². The number of ether oxygens (including phenoxy) is 2. The van der Waals surface area contributed by atoms with Crippen molar-refractivity contribution in [3.05, 3.63) is 71.1 Å². The molecular weight excluding hydrogens is 609 g/mol. The van der Waals surface area contributed by atoms with Crippen LogP contribution in [0.2, 0.25) is 0 Å². The van der Waals surface area contributed by atoms with Crippen molar-refractivity contribution in [1.29, 1.82) is 0 Å². The van der Waals surface area contributed by atoms with Crippen LogP contribution in [-0.2, 0) is 37.6 Å². The van der Waals surface area contributed by atoms with Crippen LogP contribution in [0.4, 0.5) is 36.4 Å². The number of hydrogen-bond acceptors (Lipinski definition) is 6. The first-order chi connectivity index (χ1) is 20.1. The van der Waals surface area contributed by atoms with Crippen molar-refractivity contribution < 1.29 is 61.2 Å². The Hall–Kier alpha value is -3.31. The van der Waals surface area contributed by atoms with Crippen LogP contribution in [0.3, 0.4) is 0 Å². The van der Waals surface area contributed by atoms with Gasteiger partial charge >= 0.3 is 12.8 Å². The predicted molar refractivity (Wildman–Crippen MR) is 130 cm³/mol. The van der Waals surface area contributed by atoms with E-state index in [2.05, 4.69) is 9.47 Å². The highest BCUT2D eigenvalue weighted by atomic mass is 32.2. The number of alkyl halides is 5. The molecule has 1 aliphatic carbocycles. The Labute approximate surface area is 234 Å². The summed E-state index contributed by atoms with van der Waals surface area (Å²) in [5.41, 5.74) is -5.27. The van der Waals surface area contributed by atoms with Crippen molar-refractivity contribution in [2.45, 2.75) is 54.4 Å². The largest absolute Gasteiger partial charge is 0.432 e. The van der Waals surface area contributed by atoms with Crippen molar-refractivity contribution in [2.24, 2.45) is 0 Å². The van der Waals surface area contributed by atoms with Crippen molar-refractivity contribution in [2.75, 3.05) is 11.8 Å². The van der Waals surface area contributed by atoms with Crippen molar-refractivity contribution in [3.8, 4) is 5.75 Å². The summed E-state index contributed by atoms with van der Waals surface area (Å²) in [5.74, 6) is -4.46. The molecule has 224 valence electrons. The topological polar surface area (TPSA) is 104 Å². The maximum atomic E-state index is 14.6. The summed E-state index contributed by atoms with van der Waals surface area (Å²) in [6.07, 6.45) is -8.40. The Balaban J connectivity index is 1.90. The lowest BCUT2D eigenvalue weighted by atomic mass is 9.83. The summed E-state index contributed by atoms with van der Waals surface area (Å²) >= 11 is 0. The van der Waals surface area contributed by atoms with Crippen molar-refractivity contribution in [3.63, 3.8) is 0 Å². The molecule has 1 aliphatic rings. The SMILES string of the molecule is [2H]C([2H])([2H])O[C@]1(C(F)(F)F)CCc2c(S(=O)(=O)Nc3cc(F)c(OC(F)F)cc3F)cn(S(=O)(=O)c3ccc(C)cc3)c2C1. The zero-order valence-electron chi connectivity index (χ0n) is 23.6. The monoisotopic (exact) mass is 633 g/mol. The molecule has 8 nitrogen and oxygen atoms in total. The number of nitrogens with one attached hydrogen (secondary N) is 1. The second-order valence-electron chi connectivity index (χ2n) is 9.05. The van der Waals surface area contributed by atoms with E-state index in [0.717, 1.165) is 12.1 Å². The van der Waals surface area contributed by atoms with E-state index in [0.29, 0.717) is 11.8 Å². The van der Waals surface area contributed by atoms with Crippen molar-refractivity contribution in [1.82, 2.24) is 3.97 Å². The van der Waals surface area contributed by atoms with Gasteiger partial charge in [0.2, 0.25) is 0 Å². The molecule has 1 aromatic heterocycles. The zero-order chi connectivity index (χ0) is 33.0. The Morgan fingerprint density at radius 3 is 2.32 bits per heavy atom. The minimum atomic E-state index is -5.37. The average Bonchev–Trinajstić information content (AvgIpc) is 3.26. The third-order valence-electron chi connectivity index (χ3n) is 6.44. The Kier molecular flexibility index (Phi) is 6.81. The molecule has 17 heteroatoms. The Morgan fingerprint density at radius 1 is 1.07 bits per heavy atom. The zero-order valence-corrected chi connectivity index (χ0v) is 22.2. The minimum Gasteiger partial charge on any atom is -0.432 e. The molecule has 0 aliphatic heterocycles. The normalized spacial score (nSPS) is 19.3. The van der Waals surface area contributed by atoms with Crippen LogP contribution in [0.5, 0.6) is 5.75 Å². The van der Waals surface area contributed by atoms with Crippen LogP contribution >= 0.6 is 0 Å². The molecule has 0 saturated heterocycles. The average molecular weight is 634 g/mol. The van der Waals surface area contributed by atoms with Crippen LogP contribution < -0.4 is 9.46 Å². The number of methoxy groups -OCH3 is 1. The number of halogens is 7. The molecule has 0 amide bonds. The van der Waals surface area contributed by atoms with E-state index in [1.165, 1.54) is 12.1 Å². The molecule has 1 atom stereocenters. The first-order valence-corrected chi connectivity index (χ1v) is 14.3. The third-order valence-corrected chi connectivity index (χ3v) is 9.57. The molecule has 0 fully saturated rings. The second kappa shape index (κ2) is 10.5. The number of anilines is 1. The van der Waals surface area contributed by atoms with Crippen LogP contribution in [0.1, 0.15) is 27.4 Å². The number of nitrogens with zero attached hydrogens (tertiary/aromatic N) is 1. The molecule has 1 heterocycles. The van der Waals surface area contributed by atoms with E-state index >= 15 is 0 Å². The maximum Gasteiger partial charge on any atom is 0.417 e. The lowest BCUT2D eigenvalue weighted by Gasteiger charge is -2.38.